The van der Waals surface area contributed by atoms with Crippen LogP contribution in [0.25, 0.3) is 17.3 Å². The Balaban J connectivity index is 1.14. The van der Waals surface area contributed by atoms with Gasteiger partial charge in [0.1, 0.15) is 17.2 Å². The summed E-state index contributed by atoms with van der Waals surface area (Å²) >= 11 is 1.52. The molecule has 0 saturated carbocycles. The second-order valence-electron chi connectivity index (χ2n) is 14.5. The second kappa shape index (κ2) is 12.7. The van der Waals surface area contributed by atoms with E-state index in [1.807, 2.05) is 0 Å². The fraction of sp³-hybridized carbons (Fsp3) is 0.543. The summed E-state index contributed by atoms with van der Waals surface area (Å²) in [4.78, 5) is 26.0. The smallest absolute Gasteiger partial charge is 0.320 e. The van der Waals surface area contributed by atoms with E-state index in [1.165, 1.54) is 16.2 Å². The predicted molar refractivity (Wildman–Crippen MR) is 186 cm³/mol. The molecule has 2 saturated heterocycles. The Hall–Kier alpha value is -4.52. The van der Waals surface area contributed by atoms with Gasteiger partial charge < -0.3 is 25.0 Å². The molecule has 4 aliphatic rings. The van der Waals surface area contributed by atoms with E-state index in [9.17, 15) is 10.1 Å². The standard InChI is InChI=1S/C35H42N10O4S/c1-20(23-8-6-13-44(23)3)48-27-15-26(45-14-10-25(42-45)39-33(46)38-17-34(2)18-47-19-34)40-32(41-27)29-21-7-4-11-35(30(21)49-43-29)12-5-9-24-28(35)22(16-36)31(37)50-24/h10,14-15,20,23H,4-9,11-13,17-19,37H2,1-3H3,(H2,38,39,42,46)/t20-,23-,35?/m0/s1. The van der Waals surface area contributed by atoms with Crippen LogP contribution in [0.15, 0.2) is 22.9 Å². The maximum absolute atomic E-state index is 12.7. The molecule has 50 heavy (non-hydrogen) atoms. The SMILES string of the molecule is C[C@H](Oc1cc(-n2ccc(NC(=O)NCC3(C)COC3)n2)nc(-c2noc3c2CCCC32CCCc3sc(N)c(C#N)c32)n1)[C@@H]1CCCN1C. The molecule has 2 fully saturated rings. The van der Waals surface area contributed by atoms with Crippen molar-refractivity contribution in [3.8, 4) is 29.3 Å². The van der Waals surface area contributed by atoms with Crippen LogP contribution in [0.5, 0.6) is 5.88 Å². The molecule has 1 unspecified atom stereocenters. The Morgan fingerprint density at radius 2 is 2.08 bits per heavy atom. The lowest BCUT2D eigenvalue weighted by atomic mass is 9.63. The number of nitriles is 1. The van der Waals surface area contributed by atoms with Crippen LogP contribution in [0.4, 0.5) is 15.6 Å². The zero-order valence-electron chi connectivity index (χ0n) is 28.6. The highest BCUT2D eigenvalue weighted by atomic mass is 32.1. The first-order chi connectivity index (χ1) is 24.2. The number of rotatable bonds is 8. The molecule has 3 atom stereocenters. The number of ether oxygens (including phenoxy) is 2. The van der Waals surface area contributed by atoms with Crippen molar-refractivity contribution in [2.75, 3.05) is 44.4 Å². The van der Waals surface area contributed by atoms with Crippen LogP contribution < -0.4 is 21.1 Å². The lowest BCUT2D eigenvalue weighted by Gasteiger charge is -2.39. The number of nitrogens with one attached hydrogen (secondary N) is 2. The number of likely N-dealkylation sites (tertiary alicyclic amines) is 1. The molecule has 2 amide bonds. The van der Waals surface area contributed by atoms with Crippen molar-refractivity contribution < 1.29 is 18.8 Å². The summed E-state index contributed by atoms with van der Waals surface area (Å²) < 4.78 is 19.7. The Morgan fingerprint density at radius 3 is 2.82 bits per heavy atom. The van der Waals surface area contributed by atoms with Gasteiger partial charge in [-0.3, -0.25) is 10.2 Å². The van der Waals surface area contributed by atoms with Crippen LogP contribution >= 0.6 is 11.3 Å². The quantitative estimate of drug-likeness (QED) is 0.230. The van der Waals surface area contributed by atoms with Crippen LogP contribution in [0.3, 0.4) is 0 Å². The van der Waals surface area contributed by atoms with Crippen molar-refractivity contribution in [1.29, 1.82) is 5.26 Å². The van der Waals surface area contributed by atoms with Crippen LogP contribution in [0, 0.1) is 16.7 Å². The molecule has 6 heterocycles. The second-order valence-corrected chi connectivity index (χ2v) is 15.7. The minimum Gasteiger partial charge on any atom is -0.473 e. The highest BCUT2D eigenvalue weighted by Crippen LogP contribution is 2.55. The Labute approximate surface area is 294 Å². The highest BCUT2D eigenvalue weighted by Gasteiger charge is 2.49. The van der Waals surface area contributed by atoms with Gasteiger partial charge in [-0.2, -0.15) is 10.2 Å². The normalized spacial score (nSPS) is 23.0. The third-order valence-electron chi connectivity index (χ3n) is 10.8. The molecular formula is C35H42N10O4S. The number of aryl methyl sites for hydroxylation is 1. The molecule has 2 aliphatic heterocycles. The lowest BCUT2D eigenvalue weighted by molar-refractivity contribution is -0.0974. The van der Waals surface area contributed by atoms with E-state index >= 15 is 0 Å². The van der Waals surface area contributed by atoms with Crippen LogP contribution in [0.2, 0.25) is 0 Å². The minimum atomic E-state index is -0.462. The summed E-state index contributed by atoms with van der Waals surface area (Å²) in [6, 6.07) is 5.79. The summed E-state index contributed by atoms with van der Waals surface area (Å²) in [5.41, 5.74) is 8.94. The maximum Gasteiger partial charge on any atom is 0.320 e. The first-order valence-electron chi connectivity index (χ1n) is 17.4. The Morgan fingerprint density at radius 1 is 1.26 bits per heavy atom. The topological polar surface area (TPSA) is 182 Å². The third-order valence-corrected chi connectivity index (χ3v) is 11.9. The zero-order chi connectivity index (χ0) is 34.6. The van der Waals surface area contributed by atoms with Crippen molar-refractivity contribution >= 4 is 28.2 Å². The number of anilines is 2. The van der Waals surface area contributed by atoms with Gasteiger partial charge in [-0.1, -0.05) is 12.1 Å². The summed E-state index contributed by atoms with van der Waals surface area (Å²) in [6.45, 7) is 6.92. The average molecular weight is 699 g/mol. The summed E-state index contributed by atoms with van der Waals surface area (Å²) in [7, 11) is 2.12. The number of likely N-dealkylation sites (N-methyl/N-ethyl adjacent to an activating group) is 1. The molecule has 0 radical (unpaired) electrons. The summed E-state index contributed by atoms with van der Waals surface area (Å²) in [5, 5.41) is 25.6. The molecule has 4 aromatic heterocycles. The number of carbonyl (C=O) groups excluding carboxylic acids is 1. The number of nitrogen functional groups attached to an aromatic ring is 1. The molecule has 262 valence electrons. The molecule has 14 nitrogen and oxygen atoms in total. The minimum absolute atomic E-state index is 0.0524. The van der Waals surface area contributed by atoms with E-state index in [-0.39, 0.29) is 23.6 Å². The molecule has 2 aliphatic carbocycles. The van der Waals surface area contributed by atoms with E-state index in [0.29, 0.717) is 59.4 Å². The largest absolute Gasteiger partial charge is 0.473 e. The number of nitrogens with zero attached hydrogens (tertiary/aromatic N) is 7. The molecule has 1 spiro atoms. The Kier molecular flexibility index (Phi) is 8.28. The van der Waals surface area contributed by atoms with Crippen molar-refractivity contribution in [2.45, 2.75) is 82.8 Å². The van der Waals surface area contributed by atoms with Crippen LogP contribution in [-0.4, -0.2) is 81.3 Å². The van der Waals surface area contributed by atoms with E-state index in [1.54, 1.807) is 23.0 Å². The maximum atomic E-state index is 12.7. The number of amides is 2. The van der Waals surface area contributed by atoms with Gasteiger partial charge in [-0.05, 0) is 77.4 Å². The van der Waals surface area contributed by atoms with E-state index < -0.39 is 5.41 Å². The van der Waals surface area contributed by atoms with Crippen molar-refractivity contribution in [2.24, 2.45) is 5.41 Å². The Bertz CT molecular complexity index is 1970. The summed E-state index contributed by atoms with van der Waals surface area (Å²) in [5.74, 6) is 2.38. The first-order valence-corrected chi connectivity index (χ1v) is 18.2. The van der Waals surface area contributed by atoms with Gasteiger partial charge in [-0.25, -0.2) is 14.5 Å². The van der Waals surface area contributed by atoms with Gasteiger partial charge in [0.2, 0.25) is 5.88 Å². The van der Waals surface area contributed by atoms with Crippen molar-refractivity contribution in [1.82, 2.24) is 35.1 Å². The molecule has 4 aromatic rings. The molecule has 0 bridgehead atoms. The lowest BCUT2D eigenvalue weighted by Crippen LogP contribution is -2.49. The first kappa shape index (κ1) is 32.7. The number of aromatic nitrogens is 5. The van der Waals surface area contributed by atoms with Gasteiger partial charge in [-0.15, -0.1) is 16.4 Å². The van der Waals surface area contributed by atoms with Gasteiger partial charge in [0.05, 0.1) is 24.2 Å². The van der Waals surface area contributed by atoms with E-state index in [4.69, 9.17) is 29.7 Å². The van der Waals surface area contributed by atoms with Gasteiger partial charge >= 0.3 is 6.03 Å². The monoisotopic (exact) mass is 698 g/mol. The van der Waals surface area contributed by atoms with Gasteiger partial charge in [0.25, 0.3) is 0 Å². The third kappa shape index (κ3) is 5.69. The average Bonchev–Trinajstić information content (AvgIpc) is 3.89. The van der Waals surface area contributed by atoms with E-state index in [2.05, 4.69) is 52.8 Å². The fourth-order valence-electron chi connectivity index (χ4n) is 8.24. The fourth-order valence-corrected chi connectivity index (χ4v) is 9.40. The molecule has 8 rings (SSSR count). The highest BCUT2D eigenvalue weighted by molar-refractivity contribution is 7.16. The number of urea groups is 1. The number of thiophene rings is 1. The number of carbonyl (C=O) groups is 1. The van der Waals surface area contributed by atoms with E-state index in [0.717, 1.165) is 74.8 Å². The predicted octanol–water partition coefficient (Wildman–Crippen LogP) is 4.81. The van der Waals surface area contributed by atoms with Crippen LogP contribution in [-0.2, 0) is 23.0 Å². The number of hydrogen-bond donors (Lipinski definition) is 3. The van der Waals surface area contributed by atoms with Gasteiger partial charge in [0.15, 0.2) is 28.9 Å². The van der Waals surface area contributed by atoms with Gasteiger partial charge in [0, 0.05) is 46.8 Å². The number of hydrogen-bond acceptors (Lipinski definition) is 12. The van der Waals surface area contributed by atoms with Crippen molar-refractivity contribution in [3.05, 3.63) is 45.7 Å². The zero-order valence-corrected chi connectivity index (χ0v) is 29.4. The van der Waals surface area contributed by atoms with Crippen molar-refractivity contribution in [3.63, 3.8) is 0 Å². The number of fused-ring (bicyclic) bond motifs is 4. The summed E-state index contributed by atoms with van der Waals surface area (Å²) in [6.07, 6.45) is 9.03. The molecule has 15 heteroatoms. The molecular weight excluding hydrogens is 657 g/mol. The number of nitrogens with two attached hydrogens (primary N) is 1. The molecule has 0 aromatic carbocycles. The van der Waals surface area contributed by atoms with Crippen LogP contribution in [0.1, 0.15) is 79.7 Å². The molecule has 4 N–H and O–H groups in total.